The van der Waals surface area contributed by atoms with Crippen molar-refractivity contribution >= 4 is 11.6 Å². The van der Waals surface area contributed by atoms with Crippen LogP contribution in [0, 0.1) is 5.82 Å². The van der Waals surface area contributed by atoms with E-state index >= 15 is 0 Å². The molecule has 4 rings (SSSR count). The second-order valence-electron chi connectivity index (χ2n) is 7.22. The summed E-state index contributed by atoms with van der Waals surface area (Å²) in [5, 5.41) is 7.79. The average molecular weight is 433 g/mol. The van der Waals surface area contributed by atoms with Gasteiger partial charge < -0.3 is 9.80 Å². The van der Waals surface area contributed by atoms with Gasteiger partial charge in [-0.3, -0.25) is 4.79 Å². The Kier molecular flexibility index (Phi) is 5.62. The monoisotopic (exact) mass is 433 g/mol. The van der Waals surface area contributed by atoms with E-state index in [9.17, 15) is 22.4 Å². The van der Waals surface area contributed by atoms with Crippen molar-refractivity contribution in [3.05, 3.63) is 77.4 Å². The van der Waals surface area contributed by atoms with Gasteiger partial charge in [0, 0.05) is 37.4 Å². The lowest BCUT2D eigenvalue weighted by atomic mass is 10.1. The summed E-state index contributed by atoms with van der Waals surface area (Å²) in [5.41, 5.74) is 0.345. The highest BCUT2D eigenvalue weighted by molar-refractivity contribution is 5.92. The average Bonchev–Trinajstić information content (AvgIpc) is 3.23. The zero-order chi connectivity index (χ0) is 22.0. The minimum atomic E-state index is -4.40. The summed E-state index contributed by atoms with van der Waals surface area (Å²) >= 11 is 0. The van der Waals surface area contributed by atoms with Crippen LogP contribution in [0.15, 0.2) is 54.7 Å². The summed E-state index contributed by atoms with van der Waals surface area (Å²) in [4.78, 5) is 16.1. The molecule has 0 radical (unpaired) electrons. The van der Waals surface area contributed by atoms with Crippen molar-refractivity contribution in [2.75, 3.05) is 31.1 Å². The fourth-order valence-corrected chi connectivity index (χ4v) is 3.48. The van der Waals surface area contributed by atoms with Gasteiger partial charge in [-0.05, 0) is 24.3 Å². The molecule has 0 unspecified atom stereocenters. The molecule has 0 aliphatic carbocycles. The number of benzene rings is 2. The van der Waals surface area contributed by atoms with Crippen LogP contribution in [0.1, 0.15) is 21.6 Å². The van der Waals surface area contributed by atoms with E-state index in [4.69, 9.17) is 0 Å². The van der Waals surface area contributed by atoms with Crippen molar-refractivity contribution in [2.45, 2.75) is 12.7 Å². The first-order chi connectivity index (χ1) is 14.8. The number of carbonyl (C=O) groups excluding carboxylic acids is 1. The number of amides is 1. The fraction of sp³-hybridized carbons (Fsp3) is 0.286. The summed E-state index contributed by atoms with van der Waals surface area (Å²) in [6.45, 7) is 1.63. The molecular formula is C21H19F4N5O. The lowest BCUT2D eigenvalue weighted by molar-refractivity contribution is -0.137. The molecule has 1 saturated heterocycles. The summed E-state index contributed by atoms with van der Waals surface area (Å²) in [6, 6.07) is 11.4. The summed E-state index contributed by atoms with van der Waals surface area (Å²) in [7, 11) is 0. The topological polar surface area (TPSA) is 54.3 Å². The van der Waals surface area contributed by atoms with Crippen molar-refractivity contribution in [1.82, 2.24) is 19.9 Å². The highest BCUT2D eigenvalue weighted by Gasteiger charge is 2.31. The van der Waals surface area contributed by atoms with E-state index in [1.807, 2.05) is 4.90 Å². The molecule has 162 valence electrons. The van der Waals surface area contributed by atoms with E-state index in [1.54, 1.807) is 29.2 Å². The lowest BCUT2D eigenvalue weighted by Crippen LogP contribution is -2.49. The molecule has 2 heterocycles. The second kappa shape index (κ2) is 8.37. The fourth-order valence-electron chi connectivity index (χ4n) is 3.48. The standard InChI is InChI=1S/C21H19F4N5O/c22-18-7-2-1-4-15(18)13-30-14-19(26-27-30)20(31)29-10-8-28(9-11-29)17-6-3-5-16(12-17)21(23,24)25/h1-7,12,14H,8-11,13H2. The number of piperazine rings is 1. The molecular weight excluding hydrogens is 414 g/mol. The van der Waals surface area contributed by atoms with Gasteiger partial charge in [0.15, 0.2) is 5.69 Å². The molecule has 6 nitrogen and oxygen atoms in total. The highest BCUT2D eigenvalue weighted by Crippen LogP contribution is 2.31. The molecule has 10 heteroatoms. The number of halogens is 4. The SMILES string of the molecule is O=C(c1cn(Cc2ccccc2F)nn1)N1CCN(c2cccc(C(F)(F)F)c2)CC1. The van der Waals surface area contributed by atoms with Gasteiger partial charge in [0.1, 0.15) is 5.82 Å². The lowest BCUT2D eigenvalue weighted by Gasteiger charge is -2.36. The maximum absolute atomic E-state index is 13.8. The van der Waals surface area contributed by atoms with E-state index < -0.39 is 11.7 Å². The summed E-state index contributed by atoms with van der Waals surface area (Å²) in [6.07, 6.45) is -2.93. The summed E-state index contributed by atoms with van der Waals surface area (Å²) in [5.74, 6) is -0.680. The quantitative estimate of drug-likeness (QED) is 0.592. The number of alkyl halides is 3. The molecule has 2 aromatic carbocycles. The van der Waals surface area contributed by atoms with Crippen molar-refractivity contribution in [2.24, 2.45) is 0 Å². The molecule has 1 aliphatic rings. The van der Waals surface area contributed by atoms with Crippen molar-refractivity contribution < 1.29 is 22.4 Å². The minimum absolute atomic E-state index is 0.142. The molecule has 31 heavy (non-hydrogen) atoms. The van der Waals surface area contributed by atoms with Gasteiger partial charge in [-0.25, -0.2) is 9.07 Å². The van der Waals surface area contributed by atoms with Gasteiger partial charge in [0.2, 0.25) is 0 Å². The van der Waals surface area contributed by atoms with Gasteiger partial charge in [0.05, 0.1) is 18.3 Å². The van der Waals surface area contributed by atoms with Crippen LogP contribution in [-0.4, -0.2) is 52.0 Å². The van der Waals surface area contributed by atoms with Crippen LogP contribution in [0.3, 0.4) is 0 Å². The number of aromatic nitrogens is 3. The van der Waals surface area contributed by atoms with Crippen LogP contribution < -0.4 is 4.90 Å². The van der Waals surface area contributed by atoms with E-state index in [-0.39, 0.29) is 24.0 Å². The molecule has 0 N–H and O–H groups in total. The molecule has 0 atom stereocenters. The van der Waals surface area contributed by atoms with Gasteiger partial charge in [-0.15, -0.1) is 5.10 Å². The third-order valence-corrected chi connectivity index (χ3v) is 5.15. The molecule has 1 aliphatic heterocycles. The normalized spacial score (nSPS) is 14.7. The largest absolute Gasteiger partial charge is 0.416 e. The van der Waals surface area contributed by atoms with Gasteiger partial charge in [0.25, 0.3) is 5.91 Å². The Bertz CT molecular complexity index is 1070. The molecule has 1 aromatic heterocycles. The van der Waals surface area contributed by atoms with Gasteiger partial charge >= 0.3 is 6.18 Å². The first-order valence-corrected chi connectivity index (χ1v) is 9.66. The highest BCUT2D eigenvalue weighted by atomic mass is 19.4. The van der Waals surface area contributed by atoms with E-state index in [0.29, 0.717) is 37.4 Å². The maximum Gasteiger partial charge on any atom is 0.416 e. The minimum Gasteiger partial charge on any atom is -0.368 e. The van der Waals surface area contributed by atoms with Crippen LogP contribution in [0.25, 0.3) is 0 Å². The molecule has 0 spiro atoms. The smallest absolute Gasteiger partial charge is 0.368 e. The molecule has 1 fully saturated rings. The Morgan fingerprint density at radius 1 is 1.00 bits per heavy atom. The Labute approximate surface area is 175 Å². The first-order valence-electron chi connectivity index (χ1n) is 9.66. The van der Waals surface area contributed by atoms with Gasteiger partial charge in [-0.2, -0.15) is 13.2 Å². The number of anilines is 1. The molecule has 3 aromatic rings. The Morgan fingerprint density at radius 3 is 2.45 bits per heavy atom. The van der Waals surface area contributed by atoms with Crippen LogP contribution >= 0.6 is 0 Å². The number of rotatable bonds is 4. The van der Waals surface area contributed by atoms with Crippen LogP contribution in [0.4, 0.5) is 23.2 Å². The first kappa shape index (κ1) is 20.8. The predicted octanol–water partition coefficient (Wildman–Crippen LogP) is 3.45. The number of hydrogen-bond acceptors (Lipinski definition) is 4. The van der Waals surface area contributed by atoms with Crippen LogP contribution in [0.5, 0.6) is 0 Å². The molecule has 0 bridgehead atoms. The van der Waals surface area contributed by atoms with Crippen molar-refractivity contribution in [3.63, 3.8) is 0 Å². The number of hydrogen-bond donors (Lipinski definition) is 0. The molecule has 0 saturated carbocycles. The Balaban J connectivity index is 1.38. The van der Waals surface area contributed by atoms with E-state index in [2.05, 4.69) is 10.3 Å². The third kappa shape index (κ3) is 4.68. The predicted molar refractivity (Wildman–Crippen MR) is 105 cm³/mol. The van der Waals surface area contributed by atoms with E-state index in [0.717, 1.165) is 12.1 Å². The second-order valence-corrected chi connectivity index (χ2v) is 7.22. The van der Waals surface area contributed by atoms with Crippen molar-refractivity contribution in [1.29, 1.82) is 0 Å². The van der Waals surface area contributed by atoms with Crippen LogP contribution in [0.2, 0.25) is 0 Å². The maximum atomic E-state index is 13.8. The van der Waals surface area contributed by atoms with E-state index in [1.165, 1.54) is 23.0 Å². The van der Waals surface area contributed by atoms with Crippen LogP contribution in [-0.2, 0) is 12.7 Å². The zero-order valence-corrected chi connectivity index (χ0v) is 16.4. The van der Waals surface area contributed by atoms with Crippen molar-refractivity contribution in [3.8, 4) is 0 Å². The summed E-state index contributed by atoms with van der Waals surface area (Å²) < 4.78 is 54.0. The molecule has 1 amide bonds. The zero-order valence-electron chi connectivity index (χ0n) is 16.4. The Hall–Kier alpha value is -3.43. The van der Waals surface area contributed by atoms with Gasteiger partial charge in [-0.1, -0.05) is 29.5 Å². The third-order valence-electron chi connectivity index (χ3n) is 5.15. The Morgan fingerprint density at radius 2 is 1.74 bits per heavy atom. The number of nitrogens with zero attached hydrogens (tertiary/aromatic N) is 5. The number of carbonyl (C=O) groups is 1.